The standard InChI is InChI=1S/C17H23N3O3/c1-10(2)16(22)19-13-7-4-11(3)14(8-13)20-15(21)9-18-17(23)12-5-6-12/h4,7-8,10,12H,5-6,9H2,1-3H3,(H,18,23)(H,19,22)(H,20,21). The molecule has 1 aliphatic rings. The highest BCUT2D eigenvalue weighted by molar-refractivity contribution is 5.97. The predicted octanol–water partition coefficient (Wildman–Crippen LogP) is 2.05. The van der Waals surface area contributed by atoms with Gasteiger partial charge in [-0.15, -0.1) is 0 Å². The highest BCUT2D eigenvalue weighted by atomic mass is 16.2. The molecule has 1 fully saturated rings. The van der Waals surface area contributed by atoms with Crippen LogP contribution in [0.3, 0.4) is 0 Å². The van der Waals surface area contributed by atoms with E-state index in [2.05, 4.69) is 16.0 Å². The van der Waals surface area contributed by atoms with E-state index in [9.17, 15) is 14.4 Å². The lowest BCUT2D eigenvalue weighted by Crippen LogP contribution is -2.33. The maximum Gasteiger partial charge on any atom is 0.243 e. The zero-order valence-electron chi connectivity index (χ0n) is 13.7. The molecule has 0 aliphatic heterocycles. The number of carbonyl (C=O) groups excluding carboxylic acids is 3. The molecule has 1 aromatic carbocycles. The highest BCUT2D eigenvalue weighted by Crippen LogP contribution is 2.28. The Labute approximate surface area is 136 Å². The fourth-order valence-electron chi connectivity index (χ4n) is 1.97. The van der Waals surface area contributed by atoms with Gasteiger partial charge < -0.3 is 16.0 Å². The van der Waals surface area contributed by atoms with Gasteiger partial charge in [0.05, 0.1) is 6.54 Å². The molecule has 1 saturated carbocycles. The molecule has 0 bridgehead atoms. The monoisotopic (exact) mass is 317 g/mol. The topological polar surface area (TPSA) is 87.3 Å². The molecule has 0 atom stereocenters. The van der Waals surface area contributed by atoms with Crippen LogP contribution in [-0.4, -0.2) is 24.3 Å². The molecular weight excluding hydrogens is 294 g/mol. The van der Waals surface area contributed by atoms with Crippen LogP contribution >= 0.6 is 0 Å². The van der Waals surface area contributed by atoms with Crippen molar-refractivity contribution in [2.75, 3.05) is 17.2 Å². The number of hydrogen-bond donors (Lipinski definition) is 3. The lowest BCUT2D eigenvalue weighted by atomic mass is 10.1. The predicted molar refractivity (Wildman–Crippen MR) is 89.0 cm³/mol. The van der Waals surface area contributed by atoms with E-state index in [1.165, 1.54) is 0 Å². The zero-order chi connectivity index (χ0) is 17.0. The molecule has 0 radical (unpaired) electrons. The van der Waals surface area contributed by atoms with Gasteiger partial charge in [0.15, 0.2) is 0 Å². The van der Waals surface area contributed by atoms with E-state index in [4.69, 9.17) is 0 Å². The second-order valence-corrected chi connectivity index (χ2v) is 6.21. The molecule has 3 N–H and O–H groups in total. The van der Waals surface area contributed by atoms with Crippen molar-refractivity contribution in [3.8, 4) is 0 Å². The molecule has 6 nitrogen and oxygen atoms in total. The SMILES string of the molecule is Cc1ccc(NC(=O)C(C)C)cc1NC(=O)CNC(=O)C1CC1. The minimum atomic E-state index is -0.283. The summed E-state index contributed by atoms with van der Waals surface area (Å²) in [7, 11) is 0. The first kappa shape index (κ1) is 17.0. The van der Waals surface area contributed by atoms with Crippen LogP contribution in [0.2, 0.25) is 0 Å². The number of aryl methyl sites for hydroxylation is 1. The van der Waals surface area contributed by atoms with Crippen molar-refractivity contribution in [3.05, 3.63) is 23.8 Å². The number of amides is 3. The van der Waals surface area contributed by atoms with E-state index < -0.39 is 0 Å². The Morgan fingerprint density at radius 3 is 2.48 bits per heavy atom. The second kappa shape index (κ2) is 7.26. The third kappa shape index (κ3) is 5.09. The van der Waals surface area contributed by atoms with E-state index in [0.29, 0.717) is 11.4 Å². The van der Waals surface area contributed by atoms with Gasteiger partial charge in [-0.2, -0.15) is 0 Å². The molecule has 6 heteroatoms. The molecule has 0 saturated heterocycles. The first-order valence-corrected chi connectivity index (χ1v) is 7.86. The van der Waals surface area contributed by atoms with Crippen molar-refractivity contribution >= 4 is 29.1 Å². The van der Waals surface area contributed by atoms with Crippen LogP contribution in [0.5, 0.6) is 0 Å². The second-order valence-electron chi connectivity index (χ2n) is 6.21. The smallest absolute Gasteiger partial charge is 0.243 e. The maximum atomic E-state index is 11.9. The molecule has 124 valence electrons. The average molecular weight is 317 g/mol. The van der Waals surface area contributed by atoms with Gasteiger partial charge in [0.25, 0.3) is 0 Å². The quantitative estimate of drug-likeness (QED) is 0.750. The summed E-state index contributed by atoms with van der Waals surface area (Å²) in [6.07, 6.45) is 1.81. The Kier molecular flexibility index (Phi) is 5.36. The van der Waals surface area contributed by atoms with Gasteiger partial charge in [0, 0.05) is 23.2 Å². The summed E-state index contributed by atoms with van der Waals surface area (Å²) in [4.78, 5) is 35.2. The molecule has 3 amide bonds. The Morgan fingerprint density at radius 1 is 1.17 bits per heavy atom. The van der Waals surface area contributed by atoms with Crippen molar-refractivity contribution < 1.29 is 14.4 Å². The maximum absolute atomic E-state index is 11.9. The summed E-state index contributed by atoms with van der Waals surface area (Å²) in [5.74, 6) is -0.460. The summed E-state index contributed by atoms with van der Waals surface area (Å²) < 4.78 is 0. The summed E-state index contributed by atoms with van der Waals surface area (Å²) in [6, 6.07) is 5.34. The van der Waals surface area contributed by atoms with Crippen LogP contribution in [0.15, 0.2) is 18.2 Å². The summed E-state index contributed by atoms with van der Waals surface area (Å²) in [5, 5.41) is 8.18. The van der Waals surface area contributed by atoms with Crippen molar-refractivity contribution in [1.29, 1.82) is 0 Å². The third-order valence-corrected chi connectivity index (χ3v) is 3.67. The lowest BCUT2D eigenvalue weighted by molar-refractivity contribution is -0.125. The van der Waals surface area contributed by atoms with Gasteiger partial charge in [-0.3, -0.25) is 14.4 Å². The average Bonchev–Trinajstić information content (AvgIpc) is 3.32. The van der Waals surface area contributed by atoms with Gasteiger partial charge in [-0.05, 0) is 37.5 Å². The van der Waals surface area contributed by atoms with Crippen LogP contribution in [0.4, 0.5) is 11.4 Å². The molecule has 0 heterocycles. The molecule has 1 aromatic rings. The van der Waals surface area contributed by atoms with Crippen LogP contribution in [-0.2, 0) is 14.4 Å². The largest absolute Gasteiger partial charge is 0.347 e. The van der Waals surface area contributed by atoms with Gasteiger partial charge in [-0.1, -0.05) is 19.9 Å². The Morgan fingerprint density at radius 2 is 1.87 bits per heavy atom. The van der Waals surface area contributed by atoms with Gasteiger partial charge >= 0.3 is 0 Å². The van der Waals surface area contributed by atoms with Crippen molar-refractivity contribution in [3.63, 3.8) is 0 Å². The van der Waals surface area contributed by atoms with Crippen molar-refractivity contribution in [1.82, 2.24) is 5.32 Å². The number of benzene rings is 1. The number of hydrogen-bond acceptors (Lipinski definition) is 3. The summed E-state index contributed by atoms with van der Waals surface area (Å²) in [6.45, 7) is 5.45. The number of nitrogens with one attached hydrogen (secondary N) is 3. The molecule has 2 rings (SSSR count). The third-order valence-electron chi connectivity index (χ3n) is 3.67. The first-order chi connectivity index (χ1) is 10.9. The first-order valence-electron chi connectivity index (χ1n) is 7.86. The lowest BCUT2D eigenvalue weighted by Gasteiger charge is -2.13. The summed E-state index contributed by atoms with van der Waals surface area (Å²) >= 11 is 0. The van der Waals surface area contributed by atoms with Crippen molar-refractivity contribution in [2.45, 2.75) is 33.6 Å². The molecular formula is C17H23N3O3. The fourth-order valence-corrected chi connectivity index (χ4v) is 1.97. The minimum Gasteiger partial charge on any atom is -0.347 e. The van der Waals surface area contributed by atoms with E-state index in [-0.39, 0.29) is 36.1 Å². The normalized spacial score (nSPS) is 13.6. The van der Waals surface area contributed by atoms with E-state index in [1.807, 2.05) is 26.8 Å². The minimum absolute atomic E-state index is 0.0443. The number of rotatable bonds is 6. The molecule has 0 unspecified atom stereocenters. The van der Waals surface area contributed by atoms with E-state index >= 15 is 0 Å². The Hall–Kier alpha value is -2.37. The van der Waals surface area contributed by atoms with Crippen LogP contribution in [0.1, 0.15) is 32.3 Å². The number of carbonyl (C=O) groups is 3. The highest BCUT2D eigenvalue weighted by Gasteiger charge is 2.29. The molecule has 23 heavy (non-hydrogen) atoms. The van der Waals surface area contributed by atoms with Crippen molar-refractivity contribution in [2.24, 2.45) is 11.8 Å². The Balaban J connectivity index is 1.93. The fraction of sp³-hybridized carbons (Fsp3) is 0.471. The van der Waals surface area contributed by atoms with Crippen LogP contribution < -0.4 is 16.0 Å². The summed E-state index contributed by atoms with van der Waals surface area (Å²) in [5.41, 5.74) is 2.14. The van der Waals surface area contributed by atoms with Gasteiger partial charge in [0.2, 0.25) is 17.7 Å². The van der Waals surface area contributed by atoms with E-state index in [0.717, 1.165) is 18.4 Å². The van der Waals surface area contributed by atoms with Crippen LogP contribution in [0, 0.1) is 18.8 Å². The van der Waals surface area contributed by atoms with Gasteiger partial charge in [0.1, 0.15) is 0 Å². The molecule has 1 aliphatic carbocycles. The Bertz CT molecular complexity index is 622. The van der Waals surface area contributed by atoms with E-state index in [1.54, 1.807) is 12.1 Å². The molecule has 0 aromatic heterocycles. The van der Waals surface area contributed by atoms with Crippen LogP contribution in [0.25, 0.3) is 0 Å². The molecule has 0 spiro atoms. The number of anilines is 2. The van der Waals surface area contributed by atoms with Gasteiger partial charge in [-0.25, -0.2) is 0 Å². The zero-order valence-corrected chi connectivity index (χ0v) is 13.7.